The molecule has 33 heavy (non-hydrogen) atoms. The van der Waals surface area contributed by atoms with Gasteiger partial charge in [-0.3, -0.25) is 14.2 Å². The molecule has 0 saturated carbocycles. The van der Waals surface area contributed by atoms with Gasteiger partial charge in [0.2, 0.25) is 5.91 Å². The Balaban J connectivity index is 1.46. The summed E-state index contributed by atoms with van der Waals surface area (Å²) < 4.78 is 1.55. The fraction of sp³-hybridized carbons (Fsp3) is 0.192. The Morgan fingerprint density at radius 2 is 1.91 bits per heavy atom. The number of anilines is 1. The van der Waals surface area contributed by atoms with Crippen molar-refractivity contribution < 1.29 is 4.79 Å². The quantitative estimate of drug-likeness (QED) is 0.303. The summed E-state index contributed by atoms with van der Waals surface area (Å²) in [5, 5.41) is 4.51. The highest BCUT2D eigenvalue weighted by atomic mass is 35.5. The molecule has 1 N–H and O–H groups in total. The smallest absolute Gasteiger partial charge is 0.266 e. The first kappa shape index (κ1) is 21.7. The lowest BCUT2D eigenvalue weighted by molar-refractivity contribution is -0.113. The second-order valence-electron chi connectivity index (χ2n) is 8.11. The van der Waals surface area contributed by atoms with Crippen LogP contribution >= 0.6 is 23.4 Å². The number of para-hydroxylation sites is 1. The molecule has 5 rings (SSSR count). The summed E-state index contributed by atoms with van der Waals surface area (Å²) >= 11 is 7.57. The van der Waals surface area contributed by atoms with E-state index in [4.69, 9.17) is 16.6 Å². The maximum atomic E-state index is 13.4. The standard InChI is InChI=1S/C26H22ClN3O2S/c1-16-21(27)9-5-11-23(16)30-25(32)20-8-2-3-10-22(20)29-26(30)33-15-24(31)28-19-13-12-17-6-4-7-18(17)14-19/h2-3,5,8-14H,4,6-7,15H2,1H3,(H,28,31). The first-order valence-corrected chi connectivity index (χ1v) is 12.2. The molecule has 4 aromatic rings. The fourth-order valence-electron chi connectivity index (χ4n) is 4.24. The molecule has 0 bridgehead atoms. The number of halogens is 1. The lowest BCUT2D eigenvalue weighted by atomic mass is 10.1. The maximum absolute atomic E-state index is 13.4. The van der Waals surface area contributed by atoms with Gasteiger partial charge in [0, 0.05) is 10.7 Å². The minimum absolute atomic E-state index is 0.126. The molecular weight excluding hydrogens is 454 g/mol. The Kier molecular flexibility index (Phi) is 5.96. The third-order valence-electron chi connectivity index (χ3n) is 5.94. The number of carbonyl (C=O) groups excluding carboxylic acids is 1. The molecule has 1 heterocycles. The molecule has 166 valence electrons. The van der Waals surface area contributed by atoms with Crippen molar-refractivity contribution in [3.05, 3.63) is 92.7 Å². The second-order valence-corrected chi connectivity index (χ2v) is 9.46. The largest absolute Gasteiger partial charge is 0.325 e. The molecule has 1 aliphatic carbocycles. The second kappa shape index (κ2) is 9.04. The molecule has 7 heteroatoms. The topological polar surface area (TPSA) is 64.0 Å². The number of nitrogens with zero attached hydrogens (tertiary/aromatic N) is 2. The molecule has 0 spiro atoms. The van der Waals surface area contributed by atoms with Crippen LogP contribution < -0.4 is 10.9 Å². The summed E-state index contributed by atoms with van der Waals surface area (Å²) in [6.45, 7) is 1.87. The molecule has 5 nitrogen and oxygen atoms in total. The van der Waals surface area contributed by atoms with Gasteiger partial charge in [-0.1, -0.05) is 47.6 Å². The fourth-order valence-corrected chi connectivity index (χ4v) is 5.21. The highest BCUT2D eigenvalue weighted by Gasteiger charge is 2.17. The number of rotatable bonds is 5. The number of benzene rings is 3. The predicted molar refractivity (Wildman–Crippen MR) is 135 cm³/mol. The summed E-state index contributed by atoms with van der Waals surface area (Å²) in [6.07, 6.45) is 3.32. The van der Waals surface area contributed by atoms with Gasteiger partial charge in [-0.05, 0) is 79.3 Å². The van der Waals surface area contributed by atoms with Gasteiger partial charge in [0.1, 0.15) is 0 Å². The number of fused-ring (bicyclic) bond motifs is 2. The van der Waals surface area contributed by atoms with Gasteiger partial charge in [0.05, 0.1) is 22.3 Å². The molecule has 1 amide bonds. The van der Waals surface area contributed by atoms with E-state index in [0.29, 0.717) is 26.8 Å². The maximum Gasteiger partial charge on any atom is 0.266 e. The van der Waals surface area contributed by atoms with Crippen molar-refractivity contribution >= 4 is 45.9 Å². The Hall–Kier alpha value is -3.09. The summed E-state index contributed by atoms with van der Waals surface area (Å²) in [4.78, 5) is 30.9. The molecule has 0 unspecified atom stereocenters. The summed E-state index contributed by atoms with van der Waals surface area (Å²) in [6, 6.07) is 18.8. The third kappa shape index (κ3) is 4.28. The first-order valence-electron chi connectivity index (χ1n) is 10.8. The van der Waals surface area contributed by atoms with Gasteiger partial charge in [0.25, 0.3) is 5.56 Å². The Morgan fingerprint density at radius 1 is 1.09 bits per heavy atom. The van der Waals surface area contributed by atoms with Crippen LogP contribution in [-0.2, 0) is 17.6 Å². The lowest BCUT2D eigenvalue weighted by Crippen LogP contribution is -2.23. The number of amides is 1. The minimum atomic E-state index is -0.188. The van der Waals surface area contributed by atoms with Crippen molar-refractivity contribution in [1.82, 2.24) is 9.55 Å². The normalized spacial score (nSPS) is 12.7. The molecule has 0 atom stereocenters. The number of nitrogens with one attached hydrogen (secondary N) is 1. The SMILES string of the molecule is Cc1c(Cl)cccc1-n1c(SCC(=O)Nc2ccc3c(c2)CCC3)nc2ccccc2c1=O. The average Bonchev–Trinajstić information content (AvgIpc) is 3.28. The van der Waals surface area contributed by atoms with Crippen molar-refractivity contribution in [3.63, 3.8) is 0 Å². The van der Waals surface area contributed by atoms with Crippen LogP contribution in [0.2, 0.25) is 5.02 Å². The molecule has 0 radical (unpaired) electrons. The highest BCUT2D eigenvalue weighted by molar-refractivity contribution is 7.99. The lowest BCUT2D eigenvalue weighted by Gasteiger charge is -2.16. The van der Waals surface area contributed by atoms with Crippen LogP contribution in [0.5, 0.6) is 0 Å². The van der Waals surface area contributed by atoms with E-state index in [-0.39, 0.29) is 17.2 Å². The zero-order chi connectivity index (χ0) is 22.9. The number of hydrogen-bond donors (Lipinski definition) is 1. The first-order chi connectivity index (χ1) is 16.0. The number of aromatic nitrogens is 2. The van der Waals surface area contributed by atoms with Crippen LogP contribution in [0.4, 0.5) is 5.69 Å². The Labute approximate surface area is 200 Å². The highest BCUT2D eigenvalue weighted by Crippen LogP contribution is 2.28. The van der Waals surface area contributed by atoms with E-state index in [2.05, 4.69) is 17.4 Å². The van der Waals surface area contributed by atoms with Gasteiger partial charge < -0.3 is 5.32 Å². The molecule has 1 aromatic heterocycles. The number of hydrogen-bond acceptors (Lipinski definition) is 4. The minimum Gasteiger partial charge on any atom is -0.325 e. The van der Waals surface area contributed by atoms with Crippen molar-refractivity contribution in [3.8, 4) is 5.69 Å². The molecule has 0 aliphatic heterocycles. The predicted octanol–water partition coefficient (Wildman–Crippen LogP) is 5.57. The molecule has 0 fully saturated rings. The van der Waals surface area contributed by atoms with Gasteiger partial charge >= 0.3 is 0 Å². The summed E-state index contributed by atoms with van der Waals surface area (Å²) in [7, 11) is 0. The molecule has 3 aromatic carbocycles. The molecule has 1 aliphatic rings. The van der Waals surface area contributed by atoms with E-state index in [1.807, 2.05) is 31.2 Å². The van der Waals surface area contributed by atoms with Crippen molar-refractivity contribution in [2.75, 3.05) is 11.1 Å². The van der Waals surface area contributed by atoms with E-state index in [1.165, 1.54) is 22.9 Å². The van der Waals surface area contributed by atoms with E-state index < -0.39 is 0 Å². The van der Waals surface area contributed by atoms with Gasteiger partial charge in [-0.15, -0.1) is 0 Å². The zero-order valence-corrected chi connectivity index (χ0v) is 19.7. The molecular formula is C26H22ClN3O2S. The monoisotopic (exact) mass is 475 g/mol. The average molecular weight is 476 g/mol. The van der Waals surface area contributed by atoms with Crippen LogP contribution in [0.3, 0.4) is 0 Å². The van der Waals surface area contributed by atoms with Crippen LogP contribution in [-0.4, -0.2) is 21.2 Å². The summed E-state index contributed by atoms with van der Waals surface area (Å²) in [5.41, 5.74) is 5.32. The van der Waals surface area contributed by atoms with Crippen LogP contribution in [0.25, 0.3) is 16.6 Å². The third-order valence-corrected chi connectivity index (χ3v) is 7.29. The van der Waals surface area contributed by atoms with Crippen molar-refractivity contribution in [2.24, 2.45) is 0 Å². The number of carbonyl (C=O) groups is 1. The van der Waals surface area contributed by atoms with Gasteiger partial charge in [-0.2, -0.15) is 0 Å². The number of aryl methyl sites for hydroxylation is 2. The number of thioether (sulfide) groups is 1. The van der Waals surface area contributed by atoms with E-state index in [0.717, 1.165) is 30.5 Å². The van der Waals surface area contributed by atoms with Gasteiger partial charge in [0.15, 0.2) is 5.16 Å². The Morgan fingerprint density at radius 3 is 2.79 bits per heavy atom. The van der Waals surface area contributed by atoms with Crippen molar-refractivity contribution in [1.29, 1.82) is 0 Å². The van der Waals surface area contributed by atoms with Crippen LogP contribution in [0.1, 0.15) is 23.1 Å². The van der Waals surface area contributed by atoms with E-state index in [1.54, 1.807) is 28.8 Å². The van der Waals surface area contributed by atoms with Gasteiger partial charge in [-0.25, -0.2) is 4.98 Å². The summed E-state index contributed by atoms with van der Waals surface area (Å²) in [5.74, 6) is -0.0173. The molecule has 0 saturated heterocycles. The van der Waals surface area contributed by atoms with Crippen LogP contribution in [0.15, 0.2) is 70.6 Å². The van der Waals surface area contributed by atoms with Crippen LogP contribution in [0, 0.1) is 6.92 Å². The van der Waals surface area contributed by atoms with E-state index in [9.17, 15) is 9.59 Å². The van der Waals surface area contributed by atoms with E-state index >= 15 is 0 Å². The Bertz CT molecular complexity index is 1450. The zero-order valence-electron chi connectivity index (χ0n) is 18.1. The van der Waals surface area contributed by atoms with Crippen molar-refractivity contribution in [2.45, 2.75) is 31.3 Å².